The van der Waals surface area contributed by atoms with Crippen molar-refractivity contribution in [3.05, 3.63) is 35.3 Å². The molecule has 0 radical (unpaired) electrons. The zero-order chi connectivity index (χ0) is 13.2. The summed E-state index contributed by atoms with van der Waals surface area (Å²) in [6.45, 7) is 1.98. The molecule has 0 saturated heterocycles. The number of aromatic nitrogens is 3. The van der Waals surface area contributed by atoms with Gasteiger partial charge in [-0.25, -0.2) is 20.8 Å². The zero-order valence-corrected chi connectivity index (χ0v) is 11.8. The maximum absolute atomic E-state index is 5.41. The van der Waals surface area contributed by atoms with Gasteiger partial charge in [0.1, 0.15) is 5.03 Å². The predicted octanol–water partition coefficient (Wildman–Crippen LogP) is 2.83. The molecule has 0 amide bonds. The fourth-order valence-electron chi connectivity index (χ4n) is 1.65. The van der Waals surface area contributed by atoms with Gasteiger partial charge >= 0.3 is 0 Å². The van der Waals surface area contributed by atoms with E-state index in [1.54, 1.807) is 11.3 Å². The lowest BCUT2D eigenvalue weighted by molar-refractivity contribution is 1.07. The molecule has 2 aromatic heterocycles. The fraction of sp³-hybridized carbons (Fsp3) is 0.0833. The summed E-state index contributed by atoms with van der Waals surface area (Å²) in [6.07, 6.45) is 0. The van der Waals surface area contributed by atoms with Crippen molar-refractivity contribution >= 4 is 39.9 Å². The first kappa shape index (κ1) is 12.3. The van der Waals surface area contributed by atoms with Gasteiger partial charge in [-0.2, -0.15) is 0 Å². The molecule has 0 unspecified atom stereocenters. The number of hydrogen-bond acceptors (Lipinski definition) is 7. The van der Waals surface area contributed by atoms with Crippen molar-refractivity contribution < 1.29 is 0 Å². The van der Waals surface area contributed by atoms with Gasteiger partial charge in [0, 0.05) is 16.5 Å². The molecule has 3 N–H and O–H groups in total. The Morgan fingerprint density at radius 2 is 2.05 bits per heavy atom. The van der Waals surface area contributed by atoms with Crippen LogP contribution >= 0.6 is 23.1 Å². The van der Waals surface area contributed by atoms with Crippen LogP contribution < -0.4 is 11.3 Å². The second kappa shape index (κ2) is 5.12. The minimum Gasteiger partial charge on any atom is -0.292 e. The molecular weight excluding hydrogens is 278 g/mol. The quantitative estimate of drug-likeness (QED) is 0.438. The first-order valence-electron chi connectivity index (χ1n) is 5.59. The van der Waals surface area contributed by atoms with E-state index < -0.39 is 0 Å². The van der Waals surface area contributed by atoms with Crippen LogP contribution in [0.4, 0.5) is 5.95 Å². The molecule has 0 aliphatic heterocycles. The molecule has 96 valence electrons. The summed E-state index contributed by atoms with van der Waals surface area (Å²) in [5.74, 6) is 5.82. The lowest BCUT2D eigenvalue weighted by atomic mass is 10.2. The van der Waals surface area contributed by atoms with Gasteiger partial charge in [-0.3, -0.25) is 5.43 Å². The molecule has 0 atom stereocenters. The minimum atomic E-state index is 0.412. The summed E-state index contributed by atoms with van der Waals surface area (Å²) in [5.41, 5.74) is 4.38. The number of nitrogens with two attached hydrogens (primary N) is 1. The van der Waals surface area contributed by atoms with Crippen LogP contribution in [0.1, 0.15) is 5.69 Å². The number of fused-ring (bicyclic) bond motifs is 1. The average Bonchev–Trinajstić information content (AvgIpc) is 2.84. The fourth-order valence-corrected chi connectivity index (χ4v) is 3.52. The monoisotopic (exact) mass is 289 g/mol. The van der Waals surface area contributed by atoms with Crippen LogP contribution in [-0.2, 0) is 0 Å². The standard InChI is InChI=1S/C12H11N5S2/c1-7-6-18-12(14-7)19-10-8-4-2-3-5-9(8)15-11(16-10)17-13/h2-6H,13H2,1H3,(H,15,16,17). The Morgan fingerprint density at radius 3 is 2.79 bits per heavy atom. The van der Waals surface area contributed by atoms with Crippen LogP contribution in [0.3, 0.4) is 0 Å². The van der Waals surface area contributed by atoms with E-state index in [-0.39, 0.29) is 0 Å². The number of hydrazine groups is 1. The summed E-state index contributed by atoms with van der Waals surface area (Å²) in [6, 6.07) is 7.85. The van der Waals surface area contributed by atoms with Crippen LogP contribution in [0, 0.1) is 6.92 Å². The van der Waals surface area contributed by atoms with Crippen molar-refractivity contribution in [1.82, 2.24) is 15.0 Å². The molecule has 19 heavy (non-hydrogen) atoms. The number of thiazole rings is 1. The maximum Gasteiger partial charge on any atom is 0.238 e. The molecule has 5 nitrogen and oxygen atoms in total. The van der Waals surface area contributed by atoms with Gasteiger partial charge in [0.25, 0.3) is 0 Å². The number of para-hydroxylation sites is 1. The molecule has 7 heteroatoms. The number of nitrogens with one attached hydrogen (secondary N) is 1. The van der Waals surface area contributed by atoms with Gasteiger partial charge in [0.05, 0.1) is 5.52 Å². The van der Waals surface area contributed by atoms with E-state index in [4.69, 9.17) is 5.84 Å². The first-order chi connectivity index (χ1) is 9.26. The largest absolute Gasteiger partial charge is 0.292 e. The van der Waals surface area contributed by atoms with Gasteiger partial charge in [-0.15, -0.1) is 11.3 Å². The molecule has 1 aromatic carbocycles. The number of hydrogen-bond donors (Lipinski definition) is 2. The second-order valence-electron chi connectivity index (χ2n) is 3.87. The highest BCUT2D eigenvalue weighted by molar-refractivity contribution is 8.01. The van der Waals surface area contributed by atoms with Crippen molar-refractivity contribution in [3.8, 4) is 0 Å². The molecule has 0 fully saturated rings. The summed E-state index contributed by atoms with van der Waals surface area (Å²) in [7, 11) is 0. The van der Waals surface area contributed by atoms with E-state index in [9.17, 15) is 0 Å². The van der Waals surface area contributed by atoms with Crippen molar-refractivity contribution in [3.63, 3.8) is 0 Å². The number of benzene rings is 1. The smallest absolute Gasteiger partial charge is 0.238 e. The highest BCUT2D eigenvalue weighted by atomic mass is 32.2. The lowest BCUT2D eigenvalue weighted by Gasteiger charge is -2.06. The number of nitrogens with zero attached hydrogens (tertiary/aromatic N) is 3. The highest BCUT2D eigenvalue weighted by Crippen LogP contribution is 2.33. The molecule has 0 spiro atoms. The number of anilines is 1. The van der Waals surface area contributed by atoms with Gasteiger partial charge < -0.3 is 0 Å². The normalized spacial score (nSPS) is 10.8. The molecule has 0 aliphatic carbocycles. The van der Waals surface area contributed by atoms with E-state index in [0.717, 1.165) is 26.0 Å². The van der Waals surface area contributed by atoms with Crippen molar-refractivity contribution in [2.45, 2.75) is 16.3 Å². The van der Waals surface area contributed by atoms with Crippen LogP contribution in [0.25, 0.3) is 10.9 Å². The molecular formula is C12H11N5S2. The molecule has 0 saturated carbocycles. The second-order valence-corrected chi connectivity index (χ2v) is 5.96. The van der Waals surface area contributed by atoms with E-state index in [2.05, 4.69) is 20.4 Å². The Labute approximate surface area is 118 Å². The first-order valence-corrected chi connectivity index (χ1v) is 7.29. The minimum absolute atomic E-state index is 0.412. The summed E-state index contributed by atoms with van der Waals surface area (Å²) >= 11 is 3.13. The van der Waals surface area contributed by atoms with Crippen LogP contribution in [0.2, 0.25) is 0 Å². The molecule has 3 aromatic rings. The Kier molecular flexibility index (Phi) is 3.33. The number of nitrogen functional groups attached to an aromatic ring is 1. The van der Waals surface area contributed by atoms with E-state index in [0.29, 0.717) is 5.95 Å². The van der Waals surface area contributed by atoms with Crippen LogP contribution in [0.15, 0.2) is 39.0 Å². The SMILES string of the molecule is Cc1csc(Sc2nc(NN)nc3ccccc23)n1. The average molecular weight is 289 g/mol. The lowest BCUT2D eigenvalue weighted by Crippen LogP contribution is -2.10. The molecule has 0 bridgehead atoms. The van der Waals surface area contributed by atoms with E-state index in [1.807, 2.05) is 36.6 Å². The summed E-state index contributed by atoms with van der Waals surface area (Å²) in [4.78, 5) is 13.2. The van der Waals surface area contributed by atoms with Gasteiger partial charge in [-0.1, -0.05) is 18.2 Å². The topological polar surface area (TPSA) is 76.7 Å². The van der Waals surface area contributed by atoms with Crippen LogP contribution in [0.5, 0.6) is 0 Å². The molecule has 2 heterocycles. The Hall–Kier alpha value is -1.70. The Morgan fingerprint density at radius 1 is 1.21 bits per heavy atom. The molecule has 0 aliphatic rings. The number of rotatable bonds is 3. The predicted molar refractivity (Wildman–Crippen MR) is 78.3 cm³/mol. The van der Waals surface area contributed by atoms with Crippen LogP contribution in [-0.4, -0.2) is 15.0 Å². The van der Waals surface area contributed by atoms with Gasteiger partial charge in [0.15, 0.2) is 4.34 Å². The highest BCUT2D eigenvalue weighted by Gasteiger charge is 2.10. The third-order valence-electron chi connectivity index (χ3n) is 2.48. The Bertz CT molecular complexity index is 725. The zero-order valence-electron chi connectivity index (χ0n) is 10.1. The van der Waals surface area contributed by atoms with Crippen molar-refractivity contribution in [2.75, 3.05) is 5.43 Å². The van der Waals surface area contributed by atoms with Gasteiger partial charge in [0.2, 0.25) is 5.95 Å². The number of aryl methyl sites for hydroxylation is 1. The van der Waals surface area contributed by atoms with E-state index >= 15 is 0 Å². The maximum atomic E-state index is 5.41. The van der Waals surface area contributed by atoms with Gasteiger partial charge in [-0.05, 0) is 24.8 Å². The third kappa shape index (κ3) is 2.53. The van der Waals surface area contributed by atoms with Crippen molar-refractivity contribution in [2.24, 2.45) is 5.84 Å². The molecule has 3 rings (SSSR count). The van der Waals surface area contributed by atoms with Crippen molar-refractivity contribution in [1.29, 1.82) is 0 Å². The third-order valence-corrected chi connectivity index (χ3v) is 4.54. The summed E-state index contributed by atoms with van der Waals surface area (Å²) in [5, 5.41) is 3.88. The van der Waals surface area contributed by atoms with E-state index in [1.165, 1.54) is 11.8 Å². The summed E-state index contributed by atoms with van der Waals surface area (Å²) < 4.78 is 0.962. The Balaban J connectivity index is 2.10.